The first-order valence-electron chi connectivity index (χ1n) is 8.97. The number of carbonyl (C=O) groups is 3. The number of hydrogen-bond acceptors (Lipinski definition) is 6. The first-order valence-corrected chi connectivity index (χ1v) is 9.38. The average Bonchev–Trinajstić information content (AvgIpc) is 2.85. The Morgan fingerprint density at radius 2 is 1.73 bits per heavy atom. The van der Waals surface area contributed by atoms with Gasteiger partial charge in [0.05, 0.1) is 0 Å². The van der Waals surface area contributed by atoms with Crippen molar-refractivity contribution in [3.8, 4) is 0 Å². The molecule has 1 aliphatic heterocycles. The maximum absolute atomic E-state index is 12.6. The van der Waals surface area contributed by atoms with Crippen molar-refractivity contribution in [1.29, 1.82) is 0 Å². The Balaban J connectivity index is 2.00. The van der Waals surface area contributed by atoms with E-state index in [9.17, 15) is 14.4 Å². The molecule has 2 rings (SSSR count). The minimum atomic E-state index is -0.610. The van der Waals surface area contributed by atoms with Gasteiger partial charge < -0.3 is 10.5 Å². The summed E-state index contributed by atoms with van der Waals surface area (Å²) in [6.45, 7) is 5.43. The van der Waals surface area contributed by atoms with E-state index < -0.39 is 11.6 Å². The summed E-state index contributed by atoms with van der Waals surface area (Å²) in [5.41, 5.74) is 10.4. The van der Waals surface area contributed by atoms with E-state index in [4.69, 9.17) is 22.7 Å². The number of thiocarbonyl (C=S) groups is 1. The number of likely N-dealkylation sites (tertiary alicyclic amines) is 1. The molecule has 9 heteroatoms. The van der Waals surface area contributed by atoms with E-state index in [1.165, 1.54) is 4.90 Å². The Kier molecular flexibility index (Phi) is 6.57. The lowest BCUT2D eigenvalue weighted by atomic mass is 9.81. The average molecular weight is 385 g/mol. The number of rotatable bonds is 5. The van der Waals surface area contributed by atoms with Crippen molar-refractivity contribution in [3.63, 3.8) is 0 Å². The number of nitrogens with one attached hydrogen (secondary N) is 2. The standard InChI is InChI=1S/C17H28N4O4S/c1-17(2,3)25-15(24)14(19-20-16(18)26)10-4-6-11(7-5-10)21-12(22)8-9-13(21)23/h10-11,14,19H,4-9H2,1-3H3,(H3,18,20,26). The van der Waals surface area contributed by atoms with Crippen molar-refractivity contribution in [2.24, 2.45) is 11.7 Å². The predicted molar refractivity (Wildman–Crippen MR) is 99.5 cm³/mol. The number of esters is 1. The Morgan fingerprint density at radius 1 is 1.19 bits per heavy atom. The van der Waals surface area contributed by atoms with Crippen LogP contribution >= 0.6 is 12.2 Å². The van der Waals surface area contributed by atoms with Crippen molar-refractivity contribution in [1.82, 2.24) is 15.8 Å². The quantitative estimate of drug-likeness (QED) is 0.275. The number of hydrazine groups is 1. The van der Waals surface area contributed by atoms with E-state index in [1.807, 2.05) is 20.8 Å². The molecule has 0 aromatic carbocycles. The van der Waals surface area contributed by atoms with Crippen LogP contribution in [0.2, 0.25) is 0 Å². The molecule has 1 unspecified atom stereocenters. The molecular weight excluding hydrogens is 356 g/mol. The largest absolute Gasteiger partial charge is 0.459 e. The summed E-state index contributed by atoms with van der Waals surface area (Å²) in [6.07, 6.45) is 3.35. The van der Waals surface area contributed by atoms with Crippen molar-refractivity contribution in [3.05, 3.63) is 0 Å². The highest BCUT2D eigenvalue weighted by atomic mass is 32.1. The number of carbonyl (C=O) groups excluding carboxylic acids is 3. The molecule has 0 aromatic heterocycles. The number of nitrogens with two attached hydrogens (primary N) is 1. The molecule has 0 spiro atoms. The van der Waals surface area contributed by atoms with E-state index in [0.717, 1.165) is 0 Å². The number of amides is 2. The van der Waals surface area contributed by atoms with E-state index in [0.29, 0.717) is 38.5 Å². The minimum absolute atomic E-state index is 0.00393. The van der Waals surface area contributed by atoms with Crippen LogP contribution in [-0.4, -0.2) is 45.5 Å². The van der Waals surface area contributed by atoms with Gasteiger partial charge in [0.15, 0.2) is 5.11 Å². The van der Waals surface area contributed by atoms with Crippen LogP contribution in [-0.2, 0) is 19.1 Å². The highest BCUT2D eigenvalue weighted by Crippen LogP contribution is 2.32. The lowest BCUT2D eigenvalue weighted by molar-refractivity contribution is -0.160. The molecule has 26 heavy (non-hydrogen) atoms. The number of hydrogen-bond donors (Lipinski definition) is 3. The summed E-state index contributed by atoms with van der Waals surface area (Å²) >= 11 is 4.80. The Bertz CT molecular complexity index is 566. The molecule has 0 radical (unpaired) electrons. The van der Waals surface area contributed by atoms with Gasteiger partial charge in [0.2, 0.25) is 11.8 Å². The fourth-order valence-corrected chi connectivity index (χ4v) is 3.64. The van der Waals surface area contributed by atoms with Crippen molar-refractivity contribution < 1.29 is 19.1 Å². The third-order valence-corrected chi connectivity index (χ3v) is 4.78. The zero-order valence-electron chi connectivity index (χ0n) is 15.5. The third-order valence-electron chi connectivity index (χ3n) is 4.68. The van der Waals surface area contributed by atoms with Gasteiger partial charge >= 0.3 is 5.97 Å². The third kappa shape index (κ3) is 5.38. The highest BCUT2D eigenvalue weighted by molar-refractivity contribution is 7.80. The predicted octanol–water partition coefficient (Wildman–Crippen LogP) is 0.742. The van der Waals surface area contributed by atoms with Crippen LogP contribution in [0.25, 0.3) is 0 Å². The molecule has 0 bridgehead atoms. The smallest absolute Gasteiger partial charge is 0.325 e. The summed E-state index contributed by atoms with van der Waals surface area (Å²) < 4.78 is 5.50. The second-order valence-corrected chi connectivity index (χ2v) is 8.31. The van der Waals surface area contributed by atoms with Gasteiger partial charge in [-0.05, 0) is 64.6 Å². The second kappa shape index (κ2) is 8.30. The van der Waals surface area contributed by atoms with Crippen molar-refractivity contribution in [2.45, 2.75) is 77.0 Å². The van der Waals surface area contributed by atoms with Gasteiger partial charge in [-0.2, -0.15) is 0 Å². The van der Waals surface area contributed by atoms with Crippen LogP contribution < -0.4 is 16.6 Å². The first kappa shape index (κ1) is 20.6. The maximum atomic E-state index is 12.6. The minimum Gasteiger partial charge on any atom is -0.459 e. The maximum Gasteiger partial charge on any atom is 0.325 e. The summed E-state index contributed by atoms with van der Waals surface area (Å²) in [5, 5.41) is 0.0421. The summed E-state index contributed by atoms with van der Waals surface area (Å²) in [4.78, 5) is 37.8. The molecule has 2 amide bonds. The Hall–Kier alpha value is -1.74. The highest BCUT2D eigenvalue weighted by Gasteiger charge is 2.40. The van der Waals surface area contributed by atoms with E-state index in [-0.39, 0.29) is 34.9 Å². The van der Waals surface area contributed by atoms with Crippen LogP contribution in [0.4, 0.5) is 0 Å². The second-order valence-electron chi connectivity index (χ2n) is 7.87. The molecule has 1 aliphatic carbocycles. The zero-order valence-corrected chi connectivity index (χ0v) is 16.4. The molecule has 2 fully saturated rings. The topological polar surface area (TPSA) is 114 Å². The molecule has 1 saturated heterocycles. The molecule has 0 aromatic rings. The molecule has 1 atom stereocenters. The van der Waals surface area contributed by atoms with Gasteiger partial charge in [-0.15, -0.1) is 0 Å². The Labute approximate surface area is 159 Å². The van der Waals surface area contributed by atoms with Gasteiger partial charge in [0.25, 0.3) is 0 Å². The van der Waals surface area contributed by atoms with Crippen molar-refractivity contribution >= 4 is 35.1 Å². The van der Waals surface area contributed by atoms with E-state index in [2.05, 4.69) is 10.9 Å². The van der Waals surface area contributed by atoms with Crippen LogP contribution in [0.1, 0.15) is 59.3 Å². The molecule has 146 valence electrons. The van der Waals surface area contributed by atoms with E-state index >= 15 is 0 Å². The molecular formula is C17H28N4O4S. The van der Waals surface area contributed by atoms with E-state index in [1.54, 1.807) is 0 Å². The van der Waals surface area contributed by atoms with Gasteiger partial charge in [0, 0.05) is 18.9 Å². The van der Waals surface area contributed by atoms with Gasteiger partial charge in [-0.25, -0.2) is 5.43 Å². The monoisotopic (exact) mass is 384 g/mol. The first-order chi connectivity index (χ1) is 12.1. The lowest BCUT2D eigenvalue weighted by Gasteiger charge is -2.37. The normalized spacial score (nSPS) is 25.1. The van der Waals surface area contributed by atoms with Gasteiger partial charge in [-0.3, -0.25) is 24.7 Å². The summed E-state index contributed by atoms with van der Waals surface area (Å²) in [7, 11) is 0. The molecule has 4 N–H and O–H groups in total. The number of imide groups is 1. The fourth-order valence-electron chi connectivity index (χ4n) is 3.58. The summed E-state index contributed by atoms with van der Waals surface area (Å²) in [6, 6.07) is -0.682. The summed E-state index contributed by atoms with van der Waals surface area (Å²) in [5.74, 6) is -0.556. The SMILES string of the molecule is CC(C)(C)OC(=O)C(NNC(N)=S)C1CCC(N2C(=O)CCC2=O)CC1. The van der Waals surface area contributed by atoms with Gasteiger partial charge in [0.1, 0.15) is 11.6 Å². The Morgan fingerprint density at radius 3 is 2.19 bits per heavy atom. The van der Waals surface area contributed by atoms with Crippen LogP contribution in [0.5, 0.6) is 0 Å². The van der Waals surface area contributed by atoms with Crippen LogP contribution in [0, 0.1) is 5.92 Å². The number of ether oxygens (including phenoxy) is 1. The molecule has 1 heterocycles. The number of nitrogens with zero attached hydrogens (tertiary/aromatic N) is 1. The fraction of sp³-hybridized carbons (Fsp3) is 0.765. The van der Waals surface area contributed by atoms with Crippen molar-refractivity contribution in [2.75, 3.05) is 0 Å². The van der Waals surface area contributed by atoms with Crippen LogP contribution in [0.15, 0.2) is 0 Å². The van der Waals surface area contributed by atoms with Crippen LogP contribution in [0.3, 0.4) is 0 Å². The lowest BCUT2D eigenvalue weighted by Crippen LogP contribution is -2.55. The molecule has 8 nitrogen and oxygen atoms in total. The zero-order chi connectivity index (χ0) is 19.5. The molecule has 1 saturated carbocycles. The molecule has 2 aliphatic rings. The van der Waals surface area contributed by atoms with Gasteiger partial charge in [-0.1, -0.05) is 0 Å².